The number of ether oxygens (including phenoxy) is 1. The molecule has 3 nitrogen and oxygen atoms in total. The molecule has 1 fully saturated rings. The van der Waals surface area contributed by atoms with Gasteiger partial charge in [-0.05, 0) is 25.0 Å². The minimum absolute atomic E-state index is 0.448. The molecule has 0 spiro atoms. The van der Waals surface area contributed by atoms with Crippen LogP contribution in [0, 0.1) is 0 Å². The highest BCUT2D eigenvalue weighted by Gasteiger charge is 2.20. The van der Waals surface area contributed by atoms with Gasteiger partial charge in [0.2, 0.25) is 0 Å². The fourth-order valence-corrected chi connectivity index (χ4v) is 2.48. The zero-order valence-corrected chi connectivity index (χ0v) is 10.3. The van der Waals surface area contributed by atoms with Crippen molar-refractivity contribution >= 4 is 0 Å². The topological polar surface area (TPSA) is 35.3 Å². The lowest BCUT2D eigenvalue weighted by molar-refractivity contribution is 0.248. The first-order valence-corrected chi connectivity index (χ1v) is 6.55. The van der Waals surface area contributed by atoms with Crippen molar-refractivity contribution in [2.45, 2.75) is 38.2 Å². The number of rotatable bonds is 4. The van der Waals surface area contributed by atoms with Crippen LogP contribution < -0.4 is 4.74 Å². The Hall–Kier alpha value is -1.77. The Kier molecular flexibility index (Phi) is 3.31. The lowest BCUT2D eigenvalue weighted by atomic mass is 10.0. The van der Waals surface area contributed by atoms with E-state index in [4.69, 9.17) is 9.26 Å². The molecule has 0 aliphatic heterocycles. The number of benzene rings is 1. The third-order valence-electron chi connectivity index (χ3n) is 3.47. The van der Waals surface area contributed by atoms with Crippen LogP contribution in [0.4, 0.5) is 0 Å². The van der Waals surface area contributed by atoms with Crippen molar-refractivity contribution in [1.82, 2.24) is 5.16 Å². The molecule has 0 bridgehead atoms. The molecule has 94 valence electrons. The van der Waals surface area contributed by atoms with E-state index in [0.717, 1.165) is 17.2 Å². The molecule has 3 rings (SSSR count). The van der Waals surface area contributed by atoms with E-state index in [1.54, 1.807) is 0 Å². The van der Waals surface area contributed by atoms with E-state index in [0.29, 0.717) is 12.5 Å². The molecule has 2 aromatic rings. The highest BCUT2D eigenvalue weighted by atomic mass is 16.5. The van der Waals surface area contributed by atoms with Crippen LogP contribution >= 0.6 is 0 Å². The summed E-state index contributed by atoms with van der Waals surface area (Å²) in [5.74, 6) is 2.26. The SMILES string of the molecule is c1ccc(OCc2cc(C3CCCC3)no2)cc1. The van der Waals surface area contributed by atoms with E-state index in [1.807, 2.05) is 36.4 Å². The van der Waals surface area contributed by atoms with Crippen molar-refractivity contribution in [3.8, 4) is 5.75 Å². The molecule has 18 heavy (non-hydrogen) atoms. The maximum atomic E-state index is 5.63. The minimum atomic E-state index is 0.448. The molecule has 0 N–H and O–H groups in total. The zero-order chi connectivity index (χ0) is 12.2. The van der Waals surface area contributed by atoms with Gasteiger partial charge in [-0.25, -0.2) is 0 Å². The first-order valence-electron chi connectivity index (χ1n) is 6.55. The Labute approximate surface area is 107 Å². The van der Waals surface area contributed by atoms with Crippen LogP contribution in [0.5, 0.6) is 5.75 Å². The lowest BCUT2D eigenvalue weighted by Gasteiger charge is -2.02. The fourth-order valence-electron chi connectivity index (χ4n) is 2.48. The smallest absolute Gasteiger partial charge is 0.174 e. The average Bonchev–Trinajstić information content (AvgIpc) is 3.08. The Bertz CT molecular complexity index is 486. The quantitative estimate of drug-likeness (QED) is 0.816. The van der Waals surface area contributed by atoms with Crippen LogP contribution in [-0.4, -0.2) is 5.16 Å². The Morgan fingerprint density at radius 1 is 1.17 bits per heavy atom. The predicted octanol–water partition coefficient (Wildman–Crippen LogP) is 3.91. The van der Waals surface area contributed by atoms with Crippen LogP contribution in [0.1, 0.15) is 43.1 Å². The fraction of sp³-hybridized carbons (Fsp3) is 0.400. The molecule has 0 atom stereocenters. The molecule has 0 unspecified atom stereocenters. The largest absolute Gasteiger partial charge is 0.486 e. The summed E-state index contributed by atoms with van der Waals surface area (Å²) >= 11 is 0. The normalized spacial score (nSPS) is 16.0. The number of hydrogen-bond donors (Lipinski definition) is 0. The van der Waals surface area contributed by atoms with Crippen LogP contribution in [0.15, 0.2) is 40.9 Å². The van der Waals surface area contributed by atoms with Crippen LogP contribution in [0.3, 0.4) is 0 Å². The highest BCUT2D eigenvalue weighted by Crippen LogP contribution is 2.33. The van der Waals surface area contributed by atoms with E-state index in [9.17, 15) is 0 Å². The van der Waals surface area contributed by atoms with Crippen LogP contribution in [-0.2, 0) is 6.61 Å². The molecule has 1 aliphatic carbocycles. The van der Waals surface area contributed by atoms with E-state index < -0.39 is 0 Å². The maximum absolute atomic E-state index is 5.63. The summed E-state index contributed by atoms with van der Waals surface area (Å²) in [5, 5.41) is 4.16. The standard InChI is InChI=1S/C15H17NO2/c1-2-8-13(9-3-1)17-11-14-10-15(16-18-14)12-6-4-5-7-12/h1-3,8-10,12H,4-7,11H2. The second kappa shape index (κ2) is 5.25. The van der Waals surface area contributed by atoms with Crippen molar-refractivity contribution in [3.05, 3.63) is 47.9 Å². The molecule has 0 radical (unpaired) electrons. The van der Waals surface area contributed by atoms with Gasteiger partial charge in [0, 0.05) is 12.0 Å². The highest BCUT2D eigenvalue weighted by molar-refractivity contribution is 5.21. The molecule has 0 saturated heterocycles. The Morgan fingerprint density at radius 3 is 2.72 bits per heavy atom. The molecule has 1 saturated carbocycles. The van der Waals surface area contributed by atoms with Crippen molar-refractivity contribution in [1.29, 1.82) is 0 Å². The van der Waals surface area contributed by atoms with E-state index in [2.05, 4.69) is 5.16 Å². The summed E-state index contributed by atoms with van der Waals surface area (Å²) in [6, 6.07) is 11.8. The third kappa shape index (κ3) is 2.55. The van der Waals surface area contributed by atoms with Crippen molar-refractivity contribution < 1.29 is 9.26 Å². The molecule has 1 aromatic carbocycles. The van der Waals surface area contributed by atoms with Gasteiger partial charge in [-0.15, -0.1) is 0 Å². The predicted molar refractivity (Wildman–Crippen MR) is 68.5 cm³/mol. The zero-order valence-electron chi connectivity index (χ0n) is 10.3. The summed E-state index contributed by atoms with van der Waals surface area (Å²) in [4.78, 5) is 0. The van der Waals surface area contributed by atoms with Gasteiger partial charge in [0.25, 0.3) is 0 Å². The number of nitrogens with zero attached hydrogens (tertiary/aromatic N) is 1. The molecule has 1 heterocycles. The van der Waals surface area contributed by atoms with Gasteiger partial charge >= 0.3 is 0 Å². The third-order valence-corrected chi connectivity index (χ3v) is 3.47. The van der Waals surface area contributed by atoms with Gasteiger partial charge in [0.1, 0.15) is 12.4 Å². The van der Waals surface area contributed by atoms with Gasteiger partial charge in [0.15, 0.2) is 5.76 Å². The van der Waals surface area contributed by atoms with E-state index >= 15 is 0 Å². The summed E-state index contributed by atoms with van der Waals surface area (Å²) in [6.07, 6.45) is 5.11. The molecule has 1 aliphatic rings. The van der Waals surface area contributed by atoms with Crippen LogP contribution in [0.2, 0.25) is 0 Å². The van der Waals surface area contributed by atoms with Gasteiger partial charge in [-0.1, -0.05) is 36.2 Å². The first kappa shape index (κ1) is 11.3. The van der Waals surface area contributed by atoms with Crippen molar-refractivity contribution in [2.24, 2.45) is 0 Å². The minimum Gasteiger partial charge on any atom is -0.486 e. The molecular formula is C15H17NO2. The molecule has 3 heteroatoms. The Morgan fingerprint density at radius 2 is 1.94 bits per heavy atom. The van der Waals surface area contributed by atoms with Gasteiger partial charge in [0.05, 0.1) is 5.69 Å². The van der Waals surface area contributed by atoms with Crippen molar-refractivity contribution in [2.75, 3.05) is 0 Å². The number of para-hydroxylation sites is 1. The molecule has 1 aromatic heterocycles. The lowest BCUT2D eigenvalue weighted by Crippen LogP contribution is -1.93. The number of aromatic nitrogens is 1. The molecule has 0 amide bonds. The molecular weight excluding hydrogens is 226 g/mol. The summed E-state index contributed by atoms with van der Waals surface area (Å²) in [7, 11) is 0. The summed E-state index contributed by atoms with van der Waals surface area (Å²) in [6.45, 7) is 0.448. The first-order chi connectivity index (χ1) is 8.92. The second-order valence-electron chi connectivity index (χ2n) is 4.80. The van der Waals surface area contributed by atoms with Gasteiger partial charge in [-0.2, -0.15) is 0 Å². The summed E-state index contributed by atoms with van der Waals surface area (Å²) < 4.78 is 11.0. The number of hydrogen-bond acceptors (Lipinski definition) is 3. The van der Waals surface area contributed by atoms with Crippen molar-refractivity contribution in [3.63, 3.8) is 0 Å². The van der Waals surface area contributed by atoms with E-state index in [1.165, 1.54) is 25.7 Å². The Balaban J connectivity index is 1.60. The summed E-state index contributed by atoms with van der Waals surface area (Å²) in [5.41, 5.74) is 1.10. The van der Waals surface area contributed by atoms with Gasteiger partial charge < -0.3 is 9.26 Å². The average molecular weight is 243 g/mol. The second-order valence-corrected chi connectivity index (χ2v) is 4.80. The monoisotopic (exact) mass is 243 g/mol. The van der Waals surface area contributed by atoms with E-state index in [-0.39, 0.29) is 0 Å². The van der Waals surface area contributed by atoms with Crippen LogP contribution in [0.25, 0.3) is 0 Å². The van der Waals surface area contributed by atoms with Gasteiger partial charge in [-0.3, -0.25) is 0 Å². The maximum Gasteiger partial charge on any atom is 0.174 e.